The Kier molecular flexibility index (Phi) is 2.98. The number of piperidine rings is 1. The van der Waals surface area contributed by atoms with E-state index in [4.69, 9.17) is 10.5 Å². The summed E-state index contributed by atoms with van der Waals surface area (Å²) >= 11 is 0. The number of benzene rings is 2. The molecule has 1 aliphatic carbocycles. The third-order valence-electron chi connectivity index (χ3n) is 5.90. The van der Waals surface area contributed by atoms with E-state index in [9.17, 15) is 4.79 Å². The molecule has 4 heteroatoms. The van der Waals surface area contributed by atoms with Crippen molar-refractivity contribution in [2.24, 2.45) is 23.5 Å². The number of carbonyl (C=O) groups is 1. The Bertz CT molecular complexity index is 822. The van der Waals surface area contributed by atoms with Crippen molar-refractivity contribution in [2.45, 2.75) is 12.3 Å². The lowest BCUT2D eigenvalue weighted by atomic mass is 9.83. The van der Waals surface area contributed by atoms with Gasteiger partial charge in [-0.1, -0.05) is 30.3 Å². The zero-order valence-corrected chi connectivity index (χ0v) is 13.4. The Morgan fingerprint density at radius 2 is 1.83 bits per heavy atom. The molecule has 1 saturated heterocycles. The Morgan fingerprint density at radius 1 is 1.08 bits per heavy atom. The van der Waals surface area contributed by atoms with E-state index in [1.165, 1.54) is 5.56 Å². The van der Waals surface area contributed by atoms with Crippen molar-refractivity contribution in [1.29, 1.82) is 0 Å². The molecule has 0 bridgehead atoms. The Labute approximate surface area is 141 Å². The van der Waals surface area contributed by atoms with Gasteiger partial charge in [-0.25, -0.2) is 0 Å². The lowest BCUT2D eigenvalue weighted by Gasteiger charge is -2.28. The number of rotatable bonds is 3. The van der Waals surface area contributed by atoms with E-state index in [0.717, 1.165) is 59.9 Å². The topological polar surface area (TPSA) is 64.4 Å². The minimum atomic E-state index is -0.419. The standard InChI is InChI=1S/C20H20N2O2/c21-20(23)19-12-5-1-2-6-16(12)24-17-7-3-4-11(18(17)19)8-13-14-9-22-10-15(13)14/h1-7,13-15,19,22H,8-10H2,(H2,21,23)/t13-,14-,15+,19?. The second kappa shape index (κ2) is 5.08. The van der Waals surface area contributed by atoms with E-state index < -0.39 is 5.92 Å². The van der Waals surface area contributed by atoms with Crippen LogP contribution in [0.4, 0.5) is 0 Å². The van der Waals surface area contributed by atoms with Gasteiger partial charge in [0.1, 0.15) is 11.5 Å². The van der Waals surface area contributed by atoms with Crippen LogP contribution in [0.15, 0.2) is 42.5 Å². The van der Waals surface area contributed by atoms with E-state index in [1.807, 2.05) is 36.4 Å². The Hall–Kier alpha value is -2.33. The first kappa shape index (κ1) is 14.1. The molecule has 0 radical (unpaired) electrons. The van der Waals surface area contributed by atoms with Crippen molar-refractivity contribution in [3.63, 3.8) is 0 Å². The van der Waals surface area contributed by atoms with Gasteiger partial charge in [-0.15, -0.1) is 0 Å². The van der Waals surface area contributed by atoms with E-state index in [1.54, 1.807) is 0 Å². The second-order valence-corrected chi connectivity index (χ2v) is 7.16. The van der Waals surface area contributed by atoms with Crippen molar-refractivity contribution < 1.29 is 9.53 Å². The molecule has 24 heavy (non-hydrogen) atoms. The van der Waals surface area contributed by atoms with Gasteiger partial charge in [0.05, 0.1) is 5.92 Å². The first-order valence-electron chi connectivity index (χ1n) is 8.62. The summed E-state index contributed by atoms with van der Waals surface area (Å²) in [6.45, 7) is 2.26. The molecule has 0 spiro atoms. The average molecular weight is 320 g/mol. The van der Waals surface area contributed by atoms with Gasteiger partial charge in [0.25, 0.3) is 0 Å². The van der Waals surface area contributed by atoms with Crippen LogP contribution >= 0.6 is 0 Å². The van der Waals surface area contributed by atoms with Gasteiger partial charge in [0.15, 0.2) is 0 Å². The maximum atomic E-state index is 12.3. The van der Waals surface area contributed by atoms with Crippen LogP contribution in [0.1, 0.15) is 22.6 Å². The number of amides is 1. The number of nitrogens with two attached hydrogens (primary N) is 1. The number of nitrogens with one attached hydrogen (secondary N) is 1. The second-order valence-electron chi connectivity index (χ2n) is 7.16. The molecule has 1 amide bonds. The summed E-state index contributed by atoms with van der Waals surface area (Å²) in [6.07, 6.45) is 1.01. The molecular weight excluding hydrogens is 300 g/mol. The van der Waals surface area contributed by atoms with E-state index in [-0.39, 0.29) is 5.91 Å². The minimum Gasteiger partial charge on any atom is -0.457 e. The maximum Gasteiger partial charge on any atom is 0.229 e. The summed E-state index contributed by atoms with van der Waals surface area (Å²) < 4.78 is 6.07. The first-order valence-corrected chi connectivity index (χ1v) is 8.62. The fourth-order valence-corrected chi connectivity index (χ4v) is 4.67. The molecular formula is C20H20N2O2. The third-order valence-corrected chi connectivity index (χ3v) is 5.90. The molecule has 2 aromatic rings. The predicted molar refractivity (Wildman–Crippen MR) is 91.0 cm³/mol. The number of hydrogen-bond acceptors (Lipinski definition) is 3. The van der Waals surface area contributed by atoms with Crippen molar-refractivity contribution in [3.8, 4) is 11.5 Å². The van der Waals surface area contributed by atoms with Gasteiger partial charge in [0.2, 0.25) is 5.91 Å². The molecule has 3 aliphatic rings. The molecule has 4 atom stereocenters. The minimum absolute atomic E-state index is 0.308. The highest BCUT2D eigenvalue weighted by Gasteiger charge is 2.52. The number of carbonyl (C=O) groups excluding carboxylic acids is 1. The monoisotopic (exact) mass is 320 g/mol. The van der Waals surface area contributed by atoms with Crippen molar-refractivity contribution in [3.05, 3.63) is 59.2 Å². The molecule has 2 aromatic carbocycles. The summed E-state index contributed by atoms with van der Waals surface area (Å²) in [7, 11) is 0. The molecule has 122 valence electrons. The highest BCUT2D eigenvalue weighted by molar-refractivity contribution is 5.88. The largest absolute Gasteiger partial charge is 0.457 e. The smallest absolute Gasteiger partial charge is 0.229 e. The van der Waals surface area contributed by atoms with E-state index >= 15 is 0 Å². The quantitative estimate of drug-likeness (QED) is 0.913. The lowest BCUT2D eigenvalue weighted by Crippen LogP contribution is -2.26. The van der Waals surface area contributed by atoms with Gasteiger partial charge in [0, 0.05) is 11.1 Å². The molecule has 2 heterocycles. The summed E-state index contributed by atoms with van der Waals surface area (Å²) in [5.74, 6) is 3.10. The number of ether oxygens (including phenoxy) is 1. The normalized spacial score (nSPS) is 29.2. The summed E-state index contributed by atoms with van der Waals surface area (Å²) in [4.78, 5) is 12.3. The van der Waals surface area contributed by atoms with Crippen molar-refractivity contribution in [2.75, 3.05) is 13.1 Å². The molecule has 4 nitrogen and oxygen atoms in total. The van der Waals surface area contributed by atoms with Crippen LogP contribution in [0.3, 0.4) is 0 Å². The molecule has 1 unspecified atom stereocenters. The number of para-hydroxylation sites is 1. The zero-order chi connectivity index (χ0) is 16.3. The van der Waals surface area contributed by atoms with Gasteiger partial charge < -0.3 is 15.8 Å². The number of hydrogen-bond donors (Lipinski definition) is 2. The van der Waals surface area contributed by atoms with Gasteiger partial charge in [-0.2, -0.15) is 0 Å². The van der Waals surface area contributed by atoms with Crippen LogP contribution in [-0.2, 0) is 11.2 Å². The fraction of sp³-hybridized carbons (Fsp3) is 0.350. The Balaban J connectivity index is 1.57. The molecule has 0 aromatic heterocycles. The fourth-order valence-electron chi connectivity index (χ4n) is 4.67. The van der Waals surface area contributed by atoms with Gasteiger partial charge >= 0.3 is 0 Å². The van der Waals surface area contributed by atoms with Crippen molar-refractivity contribution >= 4 is 5.91 Å². The number of primary amides is 1. The highest BCUT2D eigenvalue weighted by atomic mass is 16.5. The van der Waals surface area contributed by atoms with Crippen LogP contribution in [0.5, 0.6) is 11.5 Å². The molecule has 2 aliphatic heterocycles. The highest BCUT2D eigenvalue weighted by Crippen LogP contribution is 2.52. The summed E-state index contributed by atoms with van der Waals surface area (Å²) in [5, 5.41) is 3.44. The Morgan fingerprint density at radius 3 is 2.62 bits per heavy atom. The van der Waals surface area contributed by atoms with E-state index in [2.05, 4.69) is 11.4 Å². The van der Waals surface area contributed by atoms with Gasteiger partial charge in [-0.05, 0) is 55.0 Å². The first-order chi connectivity index (χ1) is 11.7. The average Bonchev–Trinajstić information content (AvgIpc) is 3.01. The molecule has 2 fully saturated rings. The summed E-state index contributed by atoms with van der Waals surface area (Å²) in [6, 6.07) is 13.8. The molecule has 1 saturated carbocycles. The van der Waals surface area contributed by atoms with Crippen LogP contribution in [0.25, 0.3) is 0 Å². The molecule has 3 N–H and O–H groups in total. The predicted octanol–water partition coefficient (Wildman–Crippen LogP) is 2.42. The van der Waals surface area contributed by atoms with Crippen LogP contribution < -0.4 is 15.8 Å². The lowest BCUT2D eigenvalue weighted by molar-refractivity contribution is -0.118. The van der Waals surface area contributed by atoms with Crippen molar-refractivity contribution in [1.82, 2.24) is 5.32 Å². The van der Waals surface area contributed by atoms with Crippen LogP contribution in [-0.4, -0.2) is 19.0 Å². The van der Waals surface area contributed by atoms with Crippen LogP contribution in [0, 0.1) is 17.8 Å². The third kappa shape index (κ3) is 1.99. The van der Waals surface area contributed by atoms with Crippen LogP contribution in [0.2, 0.25) is 0 Å². The zero-order valence-electron chi connectivity index (χ0n) is 13.4. The summed E-state index contributed by atoms with van der Waals surface area (Å²) in [5.41, 5.74) is 8.86. The van der Waals surface area contributed by atoms with Gasteiger partial charge in [-0.3, -0.25) is 4.79 Å². The SMILES string of the molecule is NC(=O)C1c2ccccc2Oc2cccc(C[C@H]3[C@@H]4CNC[C@@H]43)c21. The number of fused-ring (bicyclic) bond motifs is 3. The maximum absolute atomic E-state index is 12.3. The molecule has 5 rings (SSSR count). The van der Waals surface area contributed by atoms with E-state index in [0.29, 0.717) is 0 Å².